The molecular weight excluding hydrogens is 293 g/mol. The van der Waals surface area contributed by atoms with E-state index in [0.29, 0.717) is 4.90 Å². The minimum absolute atomic E-state index is 0.0184. The maximum absolute atomic E-state index is 13.3. The van der Waals surface area contributed by atoms with Crippen molar-refractivity contribution in [3.05, 3.63) is 29.6 Å². The van der Waals surface area contributed by atoms with Crippen LogP contribution in [0.3, 0.4) is 0 Å². The molecule has 21 heavy (non-hydrogen) atoms. The number of amides is 1. The smallest absolute Gasteiger partial charge is 0.338 e. The first-order chi connectivity index (χ1) is 9.99. The number of hydrogen-bond donors (Lipinski definition) is 1. The Morgan fingerprint density at radius 3 is 2.38 bits per heavy atom. The molecule has 1 aromatic carbocycles. The molecule has 0 unspecified atom stereocenters. The Balaban J connectivity index is 2.67. The van der Waals surface area contributed by atoms with Crippen LogP contribution in [0, 0.1) is 5.82 Å². The molecule has 0 radical (unpaired) electrons. The molecule has 1 aromatic rings. The molecule has 0 aliphatic rings. The molecule has 0 aliphatic carbocycles. The zero-order valence-electron chi connectivity index (χ0n) is 12.3. The van der Waals surface area contributed by atoms with E-state index in [1.165, 1.54) is 23.9 Å². The summed E-state index contributed by atoms with van der Waals surface area (Å²) in [6.45, 7) is 5.47. The van der Waals surface area contributed by atoms with Gasteiger partial charge in [-0.25, -0.2) is 9.18 Å². The quantitative estimate of drug-likeness (QED) is 0.748. The number of benzene rings is 1. The van der Waals surface area contributed by atoms with E-state index in [9.17, 15) is 14.0 Å². The SMILES string of the molecule is CCCN(CCC)C(=O)CSc1ccc(F)c(C(=O)O)c1. The molecule has 1 amide bonds. The van der Waals surface area contributed by atoms with Gasteiger partial charge in [-0.15, -0.1) is 11.8 Å². The summed E-state index contributed by atoms with van der Waals surface area (Å²) in [7, 11) is 0. The summed E-state index contributed by atoms with van der Waals surface area (Å²) in [5.41, 5.74) is -0.369. The van der Waals surface area contributed by atoms with Crippen molar-refractivity contribution in [2.45, 2.75) is 31.6 Å². The minimum atomic E-state index is -1.31. The molecule has 1 rings (SSSR count). The molecule has 6 heteroatoms. The lowest BCUT2D eigenvalue weighted by Crippen LogP contribution is -2.33. The van der Waals surface area contributed by atoms with E-state index in [-0.39, 0.29) is 17.2 Å². The number of rotatable bonds is 8. The molecule has 0 atom stereocenters. The topological polar surface area (TPSA) is 57.6 Å². The second kappa shape index (κ2) is 8.67. The third-order valence-electron chi connectivity index (χ3n) is 2.87. The highest BCUT2D eigenvalue weighted by Crippen LogP contribution is 2.21. The lowest BCUT2D eigenvalue weighted by atomic mass is 10.2. The highest BCUT2D eigenvalue weighted by atomic mass is 32.2. The largest absolute Gasteiger partial charge is 0.478 e. The summed E-state index contributed by atoms with van der Waals surface area (Å²) in [5, 5.41) is 8.87. The van der Waals surface area contributed by atoms with E-state index in [1.807, 2.05) is 13.8 Å². The number of carboxylic acids is 1. The van der Waals surface area contributed by atoms with Crippen LogP contribution in [0.4, 0.5) is 4.39 Å². The lowest BCUT2D eigenvalue weighted by molar-refractivity contribution is -0.128. The van der Waals surface area contributed by atoms with E-state index in [4.69, 9.17) is 5.11 Å². The van der Waals surface area contributed by atoms with Gasteiger partial charge in [-0.3, -0.25) is 4.79 Å². The molecule has 0 aromatic heterocycles. The Morgan fingerprint density at radius 1 is 1.24 bits per heavy atom. The molecule has 0 saturated carbocycles. The molecule has 0 aliphatic heterocycles. The lowest BCUT2D eigenvalue weighted by Gasteiger charge is -2.21. The monoisotopic (exact) mass is 313 g/mol. The highest BCUT2D eigenvalue weighted by Gasteiger charge is 2.14. The number of carbonyl (C=O) groups excluding carboxylic acids is 1. The molecule has 116 valence electrons. The zero-order chi connectivity index (χ0) is 15.8. The van der Waals surface area contributed by atoms with Crippen molar-refractivity contribution < 1.29 is 19.1 Å². The maximum Gasteiger partial charge on any atom is 0.338 e. The number of thioether (sulfide) groups is 1. The van der Waals surface area contributed by atoms with Gasteiger partial charge in [-0.05, 0) is 31.0 Å². The molecular formula is C15H20FNO3S. The van der Waals surface area contributed by atoms with Gasteiger partial charge in [0.05, 0.1) is 11.3 Å². The normalized spacial score (nSPS) is 10.4. The Hall–Kier alpha value is -1.56. The summed E-state index contributed by atoms with van der Waals surface area (Å²) >= 11 is 1.23. The van der Waals surface area contributed by atoms with Gasteiger partial charge in [0, 0.05) is 18.0 Å². The van der Waals surface area contributed by atoms with Crippen LogP contribution >= 0.6 is 11.8 Å². The summed E-state index contributed by atoms with van der Waals surface area (Å²) < 4.78 is 13.3. The summed E-state index contributed by atoms with van der Waals surface area (Å²) in [4.78, 5) is 25.3. The van der Waals surface area contributed by atoms with Crippen molar-refractivity contribution in [1.82, 2.24) is 4.90 Å². The van der Waals surface area contributed by atoms with Crippen molar-refractivity contribution >= 4 is 23.6 Å². The van der Waals surface area contributed by atoms with Crippen molar-refractivity contribution in [2.75, 3.05) is 18.8 Å². The first-order valence-electron chi connectivity index (χ1n) is 6.93. The zero-order valence-corrected chi connectivity index (χ0v) is 13.1. The third kappa shape index (κ3) is 5.38. The van der Waals surface area contributed by atoms with E-state index < -0.39 is 11.8 Å². The Labute approximate surface area is 128 Å². The van der Waals surface area contributed by atoms with Crippen LogP contribution in [0.5, 0.6) is 0 Å². The number of halogens is 1. The van der Waals surface area contributed by atoms with Gasteiger partial charge in [-0.1, -0.05) is 13.8 Å². The Bertz CT molecular complexity index is 502. The number of nitrogens with zero attached hydrogens (tertiary/aromatic N) is 1. The second-order valence-electron chi connectivity index (χ2n) is 4.62. The predicted octanol–water partition coefficient (Wildman–Crippen LogP) is 3.26. The maximum atomic E-state index is 13.3. The van der Waals surface area contributed by atoms with Gasteiger partial charge in [0.25, 0.3) is 0 Å². The fraction of sp³-hybridized carbons (Fsp3) is 0.467. The fourth-order valence-electron chi connectivity index (χ4n) is 1.90. The van der Waals surface area contributed by atoms with Gasteiger partial charge in [0.1, 0.15) is 5.82 Å². The Morgan fingerprint density at radius 2 is 1.86 bits per heavy atom. The minimum Gasteiger partial charge on any atom is -0.478 e. The summed E-state index contributed by atoms with van der Waals surface area (Å²) in [6, 6.07) is 3.87. The molecule has 4 nitrogen and oxygen atoms in total. The van der Waals surface area contributed by atoms with E-state index >= 15 is 0 Å². The standard InChI is InChI=1S/C15H20FNO3S/c1-3-7-17(8-4-2)14(18)10-21-11-5-6-13(16)12(9-11)15(19)20/h5-6,9H,3-4,7-8,10H2,1-2H3,(H,19,20). The molecule has 0 heterocycles. The van der Waals surface area contributed by atoms with Crippen LogP contribution < -0.4 is 0 Å². The molecule has 0 saturated heterocycles. The number of aromatic carboxylic acids is 1. The summed E-state index contributed by atoms with van der Waals surface area (Å²) in [6.07, 6.45) is 1.80. The highest BCUT2D eigenvalue weighted by molar-refractivity contribution is 8.00. The van der Waals surface area contributed by atoms with Crippen molar-refractivity contribution in [1.29, 1.82) is 0 Å². The summed E-state index contributed by atoms with van der Waals surface area (Å²) in [5.74, 6) is -1.83. The first kappa shape index (κ1) is 17.5. The van der Waals surface area contributed by atoms with Crippen molar-refractivity contribution in [3.8, 4) is 0 Å². The van der Waals surface area contributed by atoms with Crippen molar-refractivity contribution in [3.63, 3.8) is 0 Å². The third-order valence-corrected chi connectivity index (χ3v) is 3.85. The van der Waals surface area contributed by atoms with Crippen LogP contribution in [-0.2, 0) is 4.79 Å². The van der Waals surface area contributed by atoms with Crippen LogP contribution in [0.2, 0.25) is 0 Å². The van der Waals surface area contributed by atoms with Gasteiger partial charge in [-0.2, -0.15) is 0 Å². The van der Waals surface area contributed by atoms with Crippen LogP contribution in [0.15, 0.2) is 23.1 Å². The van der Waals surface area contributed by atoms with Gasteiger partial charge in [0.15, 0.2) is 0 Å². The van der Waals surface area contributed by atoms with Crippen LogP contribution in [0.25, 0.3) is 0 Å². The van der Waals surface area contributed by atoms with Gasteiger partial charge >= 0.3 is 5.97 Å². The van der Waals surface area contributed by atoms with E-state index in [0.717, 1.165) is 32.0 Å². The first-order valence-corrected chi connectivity index (χ1v) is 7.91. The number of hydrogen-bond acceptors (Lipinski definition) is 3. The molecule has 0 fully saturated rings. The molecule has 0 spiro atoms. The average molecular weight is 313 g/mol. The molecule has 1 N–H and O–H groups in total. The van der Waals surface area contributed by atoms with Crippen LogP contribution in [0.1, 0.15) is 37.0 Å². The average Bonchev–Trinajstić information content (AvgIpc) is 2.45. The molecule has 0 bridgehead atoms. The fourth-order valence-corrected chi connectivity index (χ4v) is 2.73. The van der Waals surface area contributed by atoms with E-state index in [2.05, 4.69) is 0 Å². The van der Waals surface area contributed by atoms with Crippen molar-refractivity contribution in [2.24, 2.45) is 0 Å². The van der Waals surface area contributed by atoms with Gasteiger partial charge in [0.2, 0.25) is 5.91 Å². The second-order valence-corrected chi connectivity index (χ2v) is 5.67. The van der Waals surface area contributed by atoms with Crippen LogP contribution in [-0.4, -0.2) is 40.7 Å². The van der Waals surface area contributed by atoms with Gasteiger partial charge < -0.3 is 10.0 Å². The van der Waals surface area contributed by atoms with E-state index in [1.54, 1.807) is 4.90 Å². The number of carbonyl (C=O) groups is 2. The Kier molecular flexibility index (Phi) is 7.22. The number of carboxylic acid groups (broad SMARTS) is 1. The predicted molar refractivity (Wildman–Crippen MR) is 81.2 cm³/mol.